The van der Waals surface area contributed by atoms with E-state index in [1.807, 2.05) is 6.92 Å². The Labute approximate surface area is 89.8 Å². The van der Waals surface area contributed by atoms with E-state index in [2.05, 4.69) is 27.3 Å². The molecule has 1 fully saturated rings. The normalized spacial score (nSPS) is 22.1. The summed E-state index contributed by atoms with van der Waals surface area (Å²) in [6.07, 6.45) is 2.55. The van der Waals surface area contributed by atoms with Crippen LogP contribution in [0.2, 0.25) is 0 Å². The van der Waals surface area contributed by atoms with Crippen LogP contribution < -0.4 is 5.32 Å². The lowest BCUT2D eigenvalue weighted by Gasteiger charge is -2.22. The summed E-state index contributed by atoms with van der Waals surface area (Å²) < 4.78 is 5.00. The number of hydrogen-bond donors (Lipinski definition) is 1. The minimum Gasteiger partial charge on any atom is -0.336 e. The number of rotatable bonds is 4. The Morgan fingerprint density at radius 1 is 1.60 bits per heavy atom. The van der Waals surface area contributed by atoms with Crippen LogP contribution in [-0.4, -0.2) is 40.7 Å². The number of likely N-dealkylation sites (tertiary alicyclic amines) is 1. The molecule has 1 N–H and O–H groups in total. The number of aromatic nitrogens is 2. The highest BCUT2D eigenvalue weighted by Gasteiger charge is 2.22. The van der Waals surface area contributed by atoms with Crippen molar-refractivity contribution in [3.05, 3.63) is 5.82 Å². The molecule has 1 aromatic rings. The average Bonchev–Trinajstić information content (AvgIpc) is 2.83. The summed E-state index contributed by atoms with van der Waals surface area (Å²) in [4.78, 5) is 6.60. The Kier molecular flexibility index (Phi) is 3.20. The zero-order valence-electron chi connectivity index (χ0n) is 9.36. The van der Waals surface area contributed by atoms with Gasteiger partial charge in [-0.3, -0.25) is 4.90 Å². The van der Waals surface area contributed by atoms with Crippen LogP contribution in [0.4, 0.5) is 6.01 Å². The van der Waals surface area contributed by atoms with E-state index in [0.29, 0.717) is 17.9 Å². The van der Waals surface area contributed by atoms with Gasteiger partial charge in [0.25, 0.3) is 0 Å². The molecule has 1 aromatic heterocycles. The number of aryl methyl sites for hydroxylation is 1. The molecule has 0 saturated carbocycles. The molecule has 0 aromatic carbocycles. The van der Waals surface area contributed by atoms with Gasteiger partial charge < -0.3 is 9.84 Å². The lowest BCUT2D eigenvalue weighted by atomic mass is 10.2. The van der Waals surface area contributed by atoms with Crippen LogP contribution in [0.3, 0.4) is 0 Å². The minimum absolute atomic E-state index is 0.537. The largest absolute Gasteiger partial charge is 0.336 e. The average molecular weight is 210 g/mol. The first-order chi connectivity index (χ1) is 7.29. The zero-order valence-corrected chi connectivity index (χ0v) is 9.36. The summed E-state index contributed by atoms with van der Waals surface area (Å²) in [5.74, 6) is 0.677. The van der Waals surface area contributed by atoms with Gasteiger partial charge in [0.2, 0.25) is 0 Å². The van der Waals surface area contributed by atoms with Crippen LogP contribution in [0.15, 0.2) is 4.52 Å². The Balaban J connectivity index is 1.82. The minimum atomic E-state index is 0.537. The summed E-state index contributed by atoms with van der Waals surface area (Å²) in [6, 6.07) is 1.15. The SMILES string of the molecule is CCN1CCCC1CNc1nc(C)no1. The van der Waals surface area contributed by atoms with E-state index in [9.17, 15) is 0 Å². The molecule has 2 rings (SSSR count). The van der Waals surface area contributed by atoms with Gasteiger partial charge in [-0.15, -0.1) is 0 Å². The number of nitrogens with one attached hydrogen (secondary N) is 1. The standard InChI is InChI=1S/C10H18N4O/c1-3-14-6-4-5-9(14)7-11-10-12-8(2)13-15-10/h9H,3-7H2,1-2H3,(H,11,12,13). The van der Waals surface area contributed by atoms with Crippen molar-refractivity contribution in [3.63, 3.8) is 0 Å². The smallest absolute Gasteiger partial charge is 0.321 e. The third kappa shape index (κ3) is 2.47. The van der Waals surface area contributed by atoms with Crippen LogP contribution >= 0.6 is 0 Å². The molecule has 0 spiro atoms. The molecule has 0 amide bonds. The third-order valence-electron chi connectivity index (χ3n) is 2.92. The van der Waals surface area contributed by atoms with Crippen molar-refractivity contribution >= 4 is 6.01 Å². The van der Waals surface area contributed by atoms with Gasteiger partial charge in [0.05, 0.1) is 0 Å². The number of anilines is 1. The first kappa shape index (κ1) is 10.4. The Hall–Kier alpha value is -1.10. The molecule has 2 heterocycles. The van der Waals surface area contributed by atoms with E-state index in [0.717, 1.165) is 13.1 Å². The van der Waals surface area contributed by atoms with Gasteiger partial charge in [-0.2, -0.15) is 4.98 Å². The maximum absolute atomic E-state index is 5.00. The molecule has 0 bridgehead atoms. The fourth-order valence-electron chi connectivity index (χ4n) is 2.12. The second kappa shape index (κ2) is 4.61. The molecule has 5 nitrogen and oxygen atoms in total. The predicted octanol–water partition coefficient (Wildman–Crippen LogP) is 1.27. The monoisotopic (exact) mass is 210 g/mol. The molecular formula is C10H18N4O. The van der Waals surface area contributed by atoms with E-state index in [-0.39, 0.29) is 0 Å². The van der Waals surface area contributed by atoms with E-state index in [4.69, 9.17) is 4.52 Å². The Morgan fingerprint density at radius 2 is 2.47 bits per heavy atom. The highest BCUT2D eigenvalue weighted by atomic mass is 16.5. The van der Waals surface area contributed by atoms with Crippen molar-refractivity contribution in [2.75, 3.05) is 25.0 Å². The molecule has 15 heavy (non-hydrogen) atoms. The van der Waals surface area contributed by atoms with Crippen LogP contribution in [-0.2, 0) is 0 Å². The molecule has 5 heteroatoms. The van der Waals surface area contributed by atoms with E-state index >= 15 is 0 Å². The Morgan fingerprint density at radius 3 is 3.13 bits per heavy atom. The van der Waals surface area contributed by atoms with Crippen molar-refractivity contribution < 1.29 is 4.52 Å². The molecule has 0 radical (unpaired) electrons. The summed E-state index contributed by atoms with van der Waals surface area (Å²) >= 11 is 0. The third-order valence-corrected chi connectivity index (χ3v) is 2.92. The molecular weight excluding hydrogens is 192 g/mol. The van der Waals surface area contributed by atoms with Gasteiger partial charge in [-0.05, 0) is 32.9 Å². The molecule has 1 aliphatic heterocycles. The summed E-state index contributed by atoms with van der Waals surface area (Å²) in [5.41, 5.74) is 0. The van der Waals surface area contributed by atoms with Crippen molar-refractivity contribution in [2.45, 2.75) is 32.7 Å². The van der Waals surface area contributed by atoms with Crippen molar-refractivity contribution in [3.8, 4) is 0 Å². The predicted molar refractivity (Wildman–Crippen MR) is 57.8 cm³/mol. The van der Waals surface area contributed by atoms with Gasteiger partial charge in [0.1, 0.15) is 0 Å². The molecule has 0 aliphatic carbocycles. The lowest BCUT2D eigenvalue weighted by molar-refractivity contribution is 0.275. The molecule has 1 unspecified atom stereocenters. The Bertz CT molecular complexity index is 312. The van der Waals surface area contributed by atoms with Crippen LogP contribution in [0, 0.1) is 6.92 Å². The first-order valence-corrected chi connectivity index (χ1v) is 5.58. The van der Waals surface area contributed by atoms with Crippen LogP contribution in [0.1, 0.15) is 25.6 Å². The van der Waals surface area contributed by atoms with Crippen molar-refractivity contribution in [1.29, 1.82) is 0 Å². The van der Waals surface area contributed by atoms with Crippen molar-refractivity contribution in [2.24, 2.45) is 0 Å². The van der Waals surface area contributed by atoms with E-state index in [1.165, 1.54) is 19.4 Å². The second-order valence-corrected chi connectivity index (χ2v) is 3.95. The topological polar surface area (TPSA) is 54.2 Å². The summed E-state index contributed by atoms with van der Waals surface area (Å²) in [5, 5.41) is 6.93. The molecule has 1 saturated heterocycles. The fraction of sp³-hybridized carbons (Fsp3) is 0.800. The highest BCUT2D eigenvalue weighted by molar-refractivity contribution is 5.18. The summed E-state index contributed by atoms with van der Waals surface area (Å²) in [6.45, 7) is 7.26. The fourth-order valence-corrected chi connectivity index (χ4v) is 2.12. The number of hydrogen-bond acceptors (Lipinski definition) is 5. The maximum atomic E-state index is 5.00. The first-order valence-electron chi connectivity index (χ1n) is 5.58. The summed E-state index contributed by atoms with van der Waals surface area (Å²) in [7, 11) is 0. The van der Waals surface area contributed by atoms with Gasteiger partial charge in [0, 0.05) is 12.6 Å². The van der Waals surface area contributed by atoms with Gasteiger partial charge in [-0.1, -0.05) is 12.1 Å². The molecule has 1 atom stereocenters. The maximum Gasteiger partial charge on any atom is 0.321 e. The van der Waals surface area contributed by atoms with Gasteiger partial charge >= 0.3 is 6.01 Å². The van der Waals surface area contributed by atoms with Crippen molar-refractivity contribution in [1.82, 2.24) is 15.0 Å². The van der Waals surface area contributed by atoms with E-state index < -0.39 is 0 Å². The number of likely N-dealkylation sites (N-methyl/N-ethyl adjacent to an activating group) is 1. The van der Waals surface area contributed by atoms with E-state index in [1.54, 1.807) is 0 Å². The number of nitrogens with zero attached hydrogens (tertiary/aromatic N) is 3. The van der Waals surface area contributed by atoms with Gasteiger partial charge in [-0.25, -0.2) is 0 Å². The van der Waals surface area contributed by atoms with Crippen LogP contribution in [0.25, 0.3) is 0 Å². The highest BCUT2D eigenvalue weighted by Crippen LogP contribution is 2.16. The molecule has 84 valence electrons. The zero-order chi connectivity index (χ0) is 10.7. The van der Waals surface area contributed by atoms with Gasteiger partial charge in [0.15, 0.2) is 5.82 Å². The second-order valence-electron chi connectivity index (χ2n) is 3.95. The van der Waals surface area contributed by atoms with Crippen LogP contribution in [0.5, 0.6) is 0 Å². The lowest BCUT2D eigenvalue weighted by Crippen LogP contribution is -2.34. The quantitative estimate of drug-likeness (QED) is 0.811. The molecule has 1 aliphatic rings.